The fraction of sp³-hybridized carbons (Fsp3) is 0.625. The molecule has 0 amide bonds. The van der Waals surface area contributed by atoms with Crippen LogP contribution < -0.4 is 5.73 Å². The predicted molar refractivity (Wildman–Crippen MR) is 79.3 cm³/mol. The Morgan fingerprint density at radius 2 is 1.63 bits per heavy atom. The quantitative estimate of drug-likeness (QED) is 0.661. The number of hydrogen-bond donors (Lipinski definition) is 1. The topological polar surface area (TPSA) is 44.5 Å². The molecule has 0 fully saturated rings. The molecule has 108 valence electrons. The maximum absolute atomic E-state index is 6.09. The maximum Gasteiger partial charge on any atom is 0.0701 e. The van der Waals surface area contributed by atoms with Gasteiger partial charge in [0.25, 0.3) is 0 Å². The van der Waals surface area contributed by atoms with E-state index >= 15 is 0 Å². The summed E-state index contributed by atoms with van der Waals surface area (Å²) in [6.45, 7) is 6.89. The van der Waals surface area contributed by atoms with Gasteiger partial charge in [0.05, 0.1) is 25.9 Å². The van der Waals surface area contributed by atoms with Crippen LogP contribution in [-0.2, 0) is 15.9 Å². The number of benzene rings is 1. The van der Waals surface area contributed by atoms with Crippen LogP contribution in [0.25, 0.3) is 0 Å². The Morgan fingerprint density at radius 3 is 2.26 bits per heavy atom. The van der Waals surface area contributed by atoms with Crippen LogP contribution in [0.5, 0.6) is 0 Å². The van der Waals surface area contributed by atoms with Crippen molar-refractivity contribution in [1.82, 2.24) is 0 Å². The summed E-state index contributed by atoms with van der Waals surface area (Å²) >= 11 is 0. The first-order valence-corrected chi connectivity index (χ1v) is 7.27. The molecule has 3 nitrogen and oxygen atoms in total. The monoisotopic (exact) mass is 265 g/mol. The van der Waals surface area contributed by atoms with Gasteiger partial charge in [-0.05, 0) is 24.0 Å². The van der Waals surface area contributed by atoms with Gasteiger partial charge in [0.1, 0.15) is 0 Å². The molecular weight excluding hydrogens is 238 g/mol. The second-order valence-electron chi connectivity index (χ2n) is 4.79. The lowest BCUT2D eigenvalue weighted by molar-refractivity contribution is 0.0428. The van der Waals surface area contributed by atoms with Crippen LogP contribution >= 0.6 is 0 Å². The van der Waals surface area contributed by atoms with Crippen LogP contribution in [0.1, 0.15) is 43.9 Å². The zero-order valence-corrected chi connectivity index (χ0v) is 12.2. The molecule has 0 spiro atoms. The first kappa shape index (κ1) is 16.2. The van der Waals surface area contributed by atoms with Crippen molar-refractivity contribution >= 4 is 0 Å². The molecule has 0 saturated carbocycles. The third-order valence-electron chi connectivity index (χ3n) is 2.96. The van der Waals surface area contributed by atoms with Crippen molar-refractivity contribution in [3.8, 4) is 0 Å². The van der Waals surface area contributed by atoms with E-state index in [0.717, 1.165) is 25.0 Å². The van der Waals surface area contributed by atoms with Gasteiger partial charge < -0.3 is 15.2 Å². The highest BCUT2D eigenvalue weighted by Crippen LogP contribution is 2.13. The summed E-state index contributed by atoms with van der Waals surface area (Å²) in [5, 5.41) is 0. The highest BCUT2D eigenvalue weighted by molar-refractivity contribution is 5.24. The van der Waals surface area contributed by atoms with Gasteiger partial charge in [-0.1, -0.05) is 44.5 Å². The van der Waals surface area contributed by atoms with Crippen molar-refractivity contribution in [3.05, 3.63) is 35.4 Å². The number of hydrogen-bond acceptors (Lipinski definition) is 3. The van der Waals surface area contributed by atoms with E-state index in [0.29, 0.717) is 19.8 Å². The van der Waals surface area contributed by atoms with E-state index in [9.17, 15) is 0 Å². The van der Waals surface area contributed by atoms with Crippen LogP contribution in [-0.4, -0.2) is 26.4 Å². The fourth-order valence-corrected chi connectivity index (χ4v) is 1.89. The largest absolute Gasteiger partial charge is 0.379 e. The Kier molecular flexibility index (Phi) is 8.47. The van der Waals surface area contributed by atoms with Crippen molar-refractivity contribution in [2.24, 2.45) is 5.73 Å². The molecule has 0 aliphatic carbocycles. The van der Waals surface area contributed by atoms with Gasteiger partial charge in [0.2, 0.25) is 0 Å². The van der Waals surface area contributed by atoms with Crippen molar-refractivity contribution in [2.75, 3.05) is 26.4 Å². The molecule has 0 radical (unpaired) electrons. The van der Waals surface area contributed by atoms with Crippen LogP contribution in [0.2, 0.25) is 0 Å². The average Bonchev–Trinajstić information content (AvgIpc) is 2.43. The second kappa shape index (κ2) is 9.96. The van der Waals surface area contributed by atoms with Gasteiger partial charge in [-0.3, -0.25) is 0 Å². The van der Waals surface area contributed by atoms with E-state index in [1.54, 1.807) is 0 Å². The molecular formula is C16H27NO2. The van der Waals surface area contributed by atoms with Gasteiger partial charge in [0, 0.05) is 6.61 Å². The van der Waals surface area contributed by atoms with Gasteiger partial charge in [0.15, 0.2) is 0 Å². The lowest BCUT2D eigenvalue weighted by atomic mass is 10.0. The molecule has 1 aromatic rings. The molecule has 1 atom stereocenters. The Hall–Kier alpha value is -0.900. The summed E-state index contributed by atoms with van der Waals surface area (Å²) in [6.07, 6.45) is 3.34. The minimum Gasteiger partial charge on any atom is -0.379 e. The van der Waals surface area contributed by atoms with Crippen molar-refractivity contribution < 1.29 is 9.47 Å². The standard InChI is InChI=1S/C16H27NO2/c1-3-5-14-6-8-15(9-7-14)16(17)13-19-12-11-18-10-4-2/h6-9,16H,3-5,10-13,17H2,1-2H3. The first-order valence-electron chi connectivity index (χ1n) is 7.27. The summed E-state index contributed by atoms with van der Waals surface area (Å²) in [5.41, 5.74) is 8.60. The summed E-state index contributed by atoms with van der Waals surface area (Å²) in [4.78, 5) is 0. The zero-order valence-electron chi connectivity index (χ0n) is 12.2. The normalized spacial score (nSPS) is 12.6. The highest BCUT2D eigenvalue weighted by atomic mass is 16.5. The first-order chi connectivity index (χ1) is 9.27. The molecule has 0 aliphatic heterocycles. The average molecular weight is 265 g/mol. The van der Waals surface area contributed by atoms with Crippen LogP contribution in [0, 0.1) is 0 Å². The smallest absolute Gasteiger partial charge is 0.0701 e. The predicted octanol–water partition coefficient (Wildman–Crippen LogP) is 3.08. The van der Waals surface area contributed by atoms with Crippen molar-refractivity contribution in [1.29, 1.82) is 0 Å². The molecule has 0 aromatic heterocycles. The van der Waals surface area contributed by atoms with Gasteiger partial charge in [-0.25, -0.2) is 0 Å². The number of ether oxygens (including phenoxy) is 2. The SMILES string of the molecule is CCCOCCOCC(N)c1ccc(CCC)cc1. The molecule has 3 heteroatoms. The zero-order chi connectivity index (χ0) is 13.9. The molecule has 1 aromatic carbocycles. The molecule has 1 unspecified atom stereocenters. The van der Waals surface area contributed by atoms with Gasteiger partial charge in [-0.2, -0.15) is 0 Å². The summed E-state index contributed by atoms with van der Waals surface area (Å²) in [6, 6.07) is 8.47. The van der Waals surface area contributed by atoms with Crippen LogP contribution in [0.15, 0.2) is 24.3 Å². The van der Waals surface area contributed by atoms with E-state index in [2.05, 4.69) is 38.1 Å². The third kappa shape index (κ3) is 6.71. The third-order valence-corrected chi connectivity index (χ3v) is 2.96. The highest BCUT2D eigenvalue weighted by Gasteiger charge is 2.05. The molecule has 0 heterocycles. The Bertz CT molecular complexity index is 324. The maximum atomic E-state index is 6.09. The molecule has 19 heavy (non-hydrogen) atoms. The summed E-state index contributed by atoms with van der Waals surface area (Å²) in [5.74, 6) is 0. The number of nitrogens with two attached hydrogens (primary N) is 1. The fourth-order valence-electron chi connectivity index (χ4n) is 1.89. The lowest BCUT2D eigenvalue weighted by Gasteiger charge is -2.13. The van der Waals surface area contributed by atoms with Crippen molar-refractivity contribution in [3.63, 3.8) is 0 Å². The summed E-state index contributed by atoms with van der Waals surface area (Å²) in [7, 11) is 0. The minimum absolute atomic E-state index is 0.0538. The minimum atomic E-state index is -0.0538. The van der Waals surface area contributed by atoms with E-state index in [4.69, 9.17) is 15.2 Å². The molecule has 2 N–H and O–H groups in total. The molecule has 0 bridgehead atoms. The molecule has 0 aliphatic rings. The van der Waals surface area contributed by atoms with Crippen LogP contribution in [0.4, 0.5) is 0 Å². The van der Waals surface area contributed by atoms with Crippen LogP contribution in [0.3, 0.4) is 0 Å². The Balaban J connectivity index is 2.23. The van der Waals surface area contributed by atoms with E-state index in [1.165, 1.54) is 12.0 Å². The van der Waals surface area contributed by atoms with Gasteiger partial charge in [-0.15, -0.1) is 0 Å². The molecule has 1 rings (SSSR count). The lowest BCUT2D eigenvalue weighted by Crippen LogP contribution is -2.18. The Morgan fingerprint density at radius 1 is 0.947 bits per heavy atom. The van der Waals surface area contributed by atoms with E-state index in [1.807, 2.05) is 0 Å². The number of rotatable bonds is 10. The Labute approximate surface area is 117 Å². The van der Waals surface area contributed by atoms with Crippen molar-refractivity contribution in [2.45, 2.75) is 39.2 Å². The molecule has 0 saturated heterocycles. The van der Waals surface area contributed by atoms with E-state index in [-0.39, 0.29) is 6.04 Å². The number of aryl methyl sites for hydroxylation is 1. The van der Waals surface area contributed by atoms with E-state index < -0.39 is 0 Å². The summed E-state index contributed by atoms with van der Waals surface area (Å²) < 4.78 is 10.9. The second-order valence-corrected chi connectivity index (χ2v) is 4.79. The van der Waals surface area contributed by atoms with Gasteiger partial charge >= 0.3 is 0 Å².